The molecule has 0 saturated heterocycles. The molecule has 0 aromatic rings. The lowest BCUT2D eigenvalue weighted by molar-refractivity contribution is 0.449. The maximum Gasteiger partial charge on any atom is 0.00866 e. The molecule has 0 aliphatic carbocycles. The van der Waals surface area contributed by atoms with E-state index in [1.54, 1.807) is 0 Å². The van der Waals surface area contributed by atoms with Crippen LogP contribution in [0.2, 0.25) is 0 Å². The second-order valence-electron chi connectivity index (χ2n) is 4.99. The number of nitrogens with one attached hydrogen (secondary N) is 1. The Morgan fingerprint density at radius 3 is 2.12 bits per heavy atom. The summed E-state index contributed by atoms with van der Waals surface area (Å²) in [6.45, 7) is 2.27. The van der Waals surface area contributed by atoms with Gasteiger partial charge in [0.15, 0.2) is 0 Å². The van der Waals surface area contributed by atoms with E-state index in [0.29, 0.717) is 6.04 Å². The van der Waals surface area contributed by atoms with Crippen LogP contribution < -0.4 is 5.32 Å². The van der Waals surface area contributed by atoms with Gasteiger partial charge < -0.3 is 5.32 Å². The first kappa shape index (κ1) is 16.5. The summed E-state index contributed by atoms with van der Waals surface area (Å²) in [7, 11) is 2.07. The molecule has 0 rings (SSSR count). The lowest BCUT2D eigenvalue weighted by atomic mass is 10.0. The molecule has 0 aliphatic rings. The van der Waals surface area contributed by atoms with E-state index in [9.17, 15) is 0 Å². The van der Waals surface area contributed by atoms with Crippen LogP contribution in [0.4, 0.5) is 0 Å². The van der Waals surface area contributed by atoms with Gasteiger partial charge in [-0.15, -0.1) is 12.3 Å². The number of rotatable bonds is 12. The Balaban J connectivity index is 3.28. The van der Waals surface area contributed by atoms with Gasteiger partial charge in [0.25, 0.3) is 0 Å². The van der Waals surface area contributed by atoms with Gasteiger partial charge in [-0.1, -0.05) is 51.9 Å². The lowest BCUT2D eigenvalue weighted by Crippen LogP contribution is -2.24. The topological polar surface area (TPSA) is 12.0 Å². The summed E-state index contributed by atoms with van der Waals surface area (Å²) in [6, 6.07) is 0.680. The van der Waals surface area contributed by atoms with Crippen molar-refractivity contribution in [3.63, 3.8) is 0 Å². The molecule has 100 valence electrons. The predicted molar refractivity (Wildman–Crippen MR) is 78.1 cm³/mol. The summed E-state index contributed by atoms with van der Waals surface area (Å²) in [4.78, 5) is 0. The van der Waals surface area contributed by atoms with Crippen molar-refractivity contribution in [1.82, 2.24) is 5.32 Å². The SMILES string of the molecule is C#CCCCC(CCCCCCCCC)NC. The van der Waals surface area contributed by atoms with Crippen molar-refractivity contribution < 1.29 is 0 Å². The molecule has 0 heterocycles. The van der Waals surface area contributed by atoms with Crippen molar-refractivity contribution >= 4 is 0 Å². The largest absolute Gasteiger partial charge is 0.317 e. The van der Waals surface area contributed by atoms with Crippen molar-refractivity contribution in [2.75, 3.05) is 7.05 Å². The van der Waals surface area contributed by atoms with Gasteiger partial charge in [-0.2, -0.15) is 0 Å². The average molecular weight is 237 g/mol. The molecule has 0 aliphatic heterocycles. The molecule has 0 fully saturated rings. The summed E-state index contributed by atoms with van der Waals surface area (Å²) >= 11 is 0. The van der Waals surface area contributed by atoms with Gasteiger partial charge in [0.1, 0.15) is 0 Å². The Labute approximate surface area is 109 Å². The van der Waals surface area contributed by atoms with E-state index in [0.717, 1.165) is 6.42 Å². The minimum atomic E-state index is 0.680. The smallest absolute Gasteiger partial charge is 0.00866 e. The van der Waals surface area contributed by atoms with Crippen LogP contribution >= 0.6 is 0 Å². The third kappa shape index (κ3) is 11.8. The molecule has 0 aromatic heterocycles. The summed E-state index contributed by atoms with van der Waals surface area (Å²) < 4.78 is 0. The highest BCUT2D eigenvalue weighted by atomic mass is 14.9. The van der Waals surface area contributed by atoms with Crippen LogP contribution in [-0.4, -0.2) is 13.1 Å². The summed E-state index contributed by atoms with van der Waals surface area (Å²) in [5.74, 6) is 2.72. The molecule has 1 atom stereocenters. The van der Waals surface area contributed by atoms with Gasteiger partial charge in [0.2, 0.25) is 0 Å². The Kier molecular flexibility index (Phi) is 13.2. The fourth-order valence-electron chi connectivity index (χ4n) is 2.23. The highest BCUT2D eigenvalue weighted by Gasteiger charge is 2.04. The molecule has 17 heavy (non-hydrogen) atoms. The van der Waals surface area contributed by atoms with Gasteiger partial charge in [0.05, 0.1) is 0 Å². The van der Waals surface area contributed by atoms with E-state index in [1.165, 1.54) is 64.2 Å². The van der Waals surface area contributed by atoms with Crippen molar-refractivity contribution in [3.8, 4) is 12.3 Å². The average Bonchev–Trinajstić information content (AvgIpc) is 2.35. The number of unbranched alkanes of at least 4 members (excludes halogenated alkanes) is 7. The second kappa shape index (κ2) is 13.6. The zero-order valence-electron chi connectivity index (χ0n) is 11.9. The van der Waals surface area contributed by atoms with E-state index < -0.39 is 0 Å². The predicted octanol–water partition coefficient (Wildman–Crippen LogP) is 4.52. The van der Waals surface area contributed by atoms with Crippen molar-refractivity contribution in [2.24, 2.45) is 0 Å². The fraction of sp³-hybridized carbons (Fsp3) is 0.875. The van der Waals surface area contributed by atoms with Crippen molar-refractivity contribution in [2.45, 2.75) is 83.6 Å². The summed E-state index contributed by atoms with van der Waals surface area (Å²) in [5.41, 5.74) is 0. The molecule has 0 bridgehead atoms. The van der Waals surface area contributed by atoms with Gasteiger partial charge >= 0.3 is 0 Å². The quantitative estimate of drug-likeness (QED) is 0.389. The second-order valence-corrected chi connectivity index (χ2v) is 4.99. The van der Waals surface area contributed by atoms with E-state index in [2.05, 4.69) is 25.2 Å². The van der Waals surface area contributed by atoms with Crippen LogP contribution in [0.3, 0.4) is 0 Å². The molecule has 0 saturated carbocycles. The van der Waals surface area contributed by atoms with E-state index in [4.69, 9.17) is 6.42 Å². The van der Waals surface area contributed by atoms with Gasteiger partial charge in [-0.25, -0.2) is 0 Å². The molecular weight excluding hydrogens is 206 g/mol. The van der Waals surface area contributed by atoms with Gasteiger partial charge in [0, 0.05) is 12.5 Å². The Hall–Kier alpha value is -0.480. The highest BCUT2D eigenvalue weighted by molar-refractivity contribution is 4.83. The lowest BCUT2D eigenvalue weighted by Gasteiger charge is -2.15. The third-order valence-corrected chi connectivity index (χ3v) is 3.44. The maximum absolute atomic E-state index is 5.27. The van der Waals surface area contributed by atoms with Crippen LogP contribution in [0.15, 0.2) is 0 Å². The highest BCUT2D eigenvalue weighted by Crippen LogP contribution is 2.12. The molecule has 0 amide bonds. The van der Waals surface area contributed by atoms with Crippen molar-refractivity contribution in [3.05, 3.63) is 0 Å². The minimum absolute atomic E-state index is 0.680. The van der Waals surface area contributed by atoms with E-state index in [-0.39, 0.29) is 0 Å². The number of hydrogen-bond donors (Lipinski definition) is 1. The van der Waals surface area contributed by atoms with E-state index >= 15 is 0 Å². The van der Waals surface area contributed by atoms with Crippen LogP contribution in [0.1, 0.15) is 77.6 Å². The standard InChI is InChI=1S/C16H31N/c1-4-6-8-9-10-11-13-15-16(17-3)14-12-7-5-2/h2,16-17H,4,6-15H2,1,3H3. The Morgan fingerprint density at radius 2 is 1.53 bits per heavy atom. The van der Waals surface area contributed by atoms with Crippen LogP contribution in [-0.2, 0) is 0 Å². The zero-order chi connectivity index (χ0) is 12.8. The Morgan fingerprint density at radius 1 is 0.941 bits per heavy atom. The molecule has 0 spiro atoms. The minimum Gasteiger partial charge on any atom is -0.317 e. The van der Waals surface area contributed by atoms with Crippen LogP contribution in [0.25, 0.3) is 0 Å². The molecule has 0 aromatic carbocycles. The molecule has 1 nitrogen and oxygen atoms in total. The first-order chi connectivity index (χ1) is 8.35. The number of terminal acetylenes is 1. The van der Waals surface area contributed by atoms with Crippen LogP contribution in [0.5, 0.6) is 0 Å². The fourth-order valence-corrected chi connectivity index (χ4v) is 2.23. The summed E-state index contributed by atoms with van der Waals surface area (Å²) in [6.07, 6.45) is 19.7. The normalized spacial score (nSPS) is 12.3. The first-order valence-corrected chi connectivity index (χ1v) is 7.45. The van der Waals surface area contributed by atoms with Crippen LogP contribution in [0, 0.1) is 12.3 Å². The first-order valence-electron chi connectivity index (χ1n) is 7.45. The molecular formula is C16H31N. The van der Waals surface area contributed by atoms with E-state index in [1.807, 2.05) is 0 Å². The molecule has 1 unspecified atom stereocenters. The van der Waals surface area contributed by atoms with Crippen molar-refractivity contribution in [1.29, 1.82) is 0 Å². The van der Waals surface area contributed by atoms with Gasteiger partial charge in [-0.3, -0.25) is 0 Å². The third-order valence-electron chi connectivity index (χ3n) is 3.44. The number of hydrogen-bond acceptors (Lipinski definition) is 1. The zero-order valence-corrected chi connectivity index (χ0v) is 11.9. The monoisotopic (exact) mass is 237 g/mol. The van der Waals surface area contributed by atoms with Gasteiger partial charge in [-0.05, 0) is 26.3 Å². The molecule has 1 N–H and O–H groups in total. The maximum atomic E-state index is 5.27. The Bertz CT molecular complexity index is 180. The molecule has 1 heteroatoms. The summed E-state index contributed by atoms with van der Waals surface area (Å²) in [5, 5.41) is 3.40. The molecule has 0 radical (unpaired) electrons.